The summed E-state index contributed by atoms with van der Waals surface area (Å²) in [5.74, 6) is 2.30. The van der Waals surface area contributed by atoms with Gasteiger partial charge in [-0.1, -0.05) is 19.8 Å². The minimum Gasteiger partial charge on any atom is -0.195 e. The highest BCUT2D eigenvalue weighted by molar-refractivity contribution is 7.86. The van der Waals surface area contributed by atoms with Crippen LogP contribution in [0.4, 0.5) is 0 Å². The van der Waals surface area contributed by atoms with Gasteiger partial charge in [-0.3, -0.25) is 0 Å². The van der Waals surface area contributed by atoms with Crippen molar-refractivity contribution < 1.29 is 8.42 Å². The van der Waals surface area contributed by atoms with Crippen molar-refractivity contribution >= 4 is 10.2 Å². The molecular weight excluding hydrogens is 188 g/mol. The summed E-state index contributed by atoms with van der Waals surface area (Å²) >= 11 is 0. The number of nitrogens with zero attached hydrogens (tertiary/aromatic N) is 2. The van der Waals surface area contributed by atoms with E-state index in [-0.39, 0.29) is 6.54 Å². The molecule has 0 aliphatic carbocycles. The molecule has 0 aliphatic heterocycles. The van der Waals surface area contributed by atoms with Crippen LogP contribution < -0.4 is 0 Å². The van der Waals surface area contributed by atoms with E-state index in [9.17, 15) is 8.42 Å². The lowest BCUT2D eigenvalue weighted by Crippen LogP contribution is -2.41. The standard InChI is InChI=1S/C8H16N2O2S/c1-5-8-9(4)13(11,12)10(6-2)7-3/h1H,6-8H2,2-4H3. The van der Waals surface area contributed by atoms with Crippen LogP contribution in [0.5, 0.6) is 0 Å². The molecule has 0 aromatic rings. The van der Waals surface area contributed by atoms with E-state index < -0.39 is 10.2 Å². The highest BCUT2D eigenvalue weighted by Crippen LogP contribution is 2.04. The molecule has 0 bridgehead atoms. The van der Waals surface area contributed by atoms with E-state index in [0.29, 0.717) is 13.1 Å². The van der Waals surface area contributed by atoms with Crippen molar-refractivity contribution in [3.63, 3.8) is 0 Å². The SMILES string of the molecule is C#CCN(C)S(=O)(=O)N(CC)CC. The van der Waals surface area contributed by atoms with E-state index in [4.69, 9.17) is 6.42 Å². The average molecular weight is 204 g/mol. The molecule has 0 amide bonds. The van der Waals surface area contributed by atoms with Crippen LogP contribution in [0.3, 0.4) is 0 Å². The first-order valence-electron chi connectivity index (χ1n) is 4.15. The summed E-state index contributed by atoms with van der Waals surface area (Å²) in [5.41, 5.74) is 0. The molecule has 4 nitrogen and oxygen atoms in total. The lowest BCUT2D eigenvalue weighted by Gasteiger charge is -2.23. The Hall–Kier alpha value is -0.570. The zero-order valence-corrected chi connectivity index (χ0v) is 9.13. The predicted octanol–water partition coefficient (Wildman–Crippen LogP) is 0.138. The maximum absolute atomic E-state index is 11.6. The van der Waals surface area contributed by atoms with Crippen molar-refractivity contribution in [2.24, 2.45) is 0 Å². The van der Waals surface area contributed by atoms with Crippen molar-refractivity contribution in [3.05, 3.63) is 0 Å². The first-order valence-corrected chi connectivity index (χ1v) is 5.55. The third-order valence-electron chi connectivity index (χ3n) is 1.74. The third kappa shape index (κ3) is 2.99. The fourth-order valence-electron chi connectivity index (χ4n) is 0.957. The summed E-state index contributed by atoms with van der Waals surface area (Å²) in [6.07, 6.45) is 5.03. The van der Waals surface area contributed by atoms with E-state index in [2.05, 4.69) is 5.92 Å². The van der Waals surface area contributed by atoms with E-state index in [0.717, 1.165) is 0 Å². The van der Waals surface area contributed by atoms with Crippen molar-refractivity contribution in [1.82, 2.24) is 8.61 Å². The number of hydrogen-bond donors (Lipinski definition) is 0. The molecular formula is C8H16N2O2S. The van der Waals surface area contributed by atoms with Crippen LogP contribution in [0.1, 0.15) is 13.8 Å². The highest BCUT2D eigenvalue weighted by atomic mass is 32.2. The molecule has 13 heavy (non-hydrogen) atoms. The van der Waals surface area contributed by atoms with Crippen LogP contribution in [-0.2, 0) is 10.2 Å². The molecule has 0 rings (SSSR count). The van der Waals surface area contributed by atoms with Crippen molar-refractivity contribution in [3.8, 4) is 12.3 Å². The third-order valence-corrected chi connectivity index (χ3v) is 3.83. The summed E-state index contributed by atoms with van der Waals surface area (Å²) < 4.78 is 25.8. The van der Waals surface area contributed by atoms with Crippen molar-refractivity contribution in [2.75, 3.05) is 26.7 Å². The molecule has 0 aliphatic rings. The van der Waals surface area contributed by atoms with Gasteiger partial charge < -0.3 is 0 Å². The summed E-state index contributed by atoms with van der Waals surface area (Å²) in [7, 11) is -1.86. The Kier molecular flexibility index (Phi) is 4.99. The summed E-state index contributed by atoms with van der Waals surface area (Å²) in [4.78, 5) is 0. The summed E-state index contributed by atoms with van der Waals surface area (Å²) in [6, 6.07) is 0. The lowest BCUT2D eigenvalue weighted by molar-refractivity contribution is 0.391. The second-order valence-electron chi connectivity index (χ2n) is 2.55. The Morgan fingerprint density at radius 1 is 1.31 bits per heavy atom. The fourth-order valence-corrected chi connectivity index (χ4v) is 2.24. The Bertz CT molecular complexity index is 275. The van der Waals surface area contributed by atoms with Gasteiger partial charge in [0.2, 0.25) is 0 Å². The zero-order chi connectivity index (χ0) is 10.5. The minimum absolute atomic E-state index is 0.110. The topological polar surface area (TPSA) is 40.6 Å². The summed E-state index contributed by atoms with van der Waals surface area (Å²) in [6.45, 7) is 4.63. The van der Waals surface area contributed by atoms with Crippen LogP contribution in [-0.4, -0.2) is 43.7 Å². The molecule has 0 fully saturated rings. The van der Waals surface area contributed by atoms with E-state index in [1.807, 2.05) is 0 Å². The van der Waals surface area contributed by atoms with E-state index in [1.165, 1.54) is 15.7 Å². The van der Waals surface area contributed by atoms with E-state index in [1.54, 1.807) is 13.8 Å². The Balaban J connectivity index is 4.65. The van der Waals surface area contributed by atoms with Gasteiger partial charge in [-0.25, -0.2) is 0 Å². The normalized spacial score (nSPS) is 12.0. The van der Waals surface area contributed by atoms with Gasteiger partial charge in [-0.05, 0) is 0 Å². The molecule has 0 saturated carbocycles. The molecule has 0 aromatic carbocycles. The Morgan fingerprint density at radius 3 is 2.08 bits per heavy atom. The average Bonchev–Trinajstić information content (AvgIpc) is 2.06. The smallest absolute Gasteiger partial charge is 0.195 e. The maximum Gasteiger partial charge on any atom is 0.282 e. The molecule has 0 heterocycles. The molecule has 0 radical (unpaired) electrons. The molecule has 0 spiro atoms. The van der Waals surface area contributed by atoms with Crippen molar-refractivity contribution in [1.29, 1.82) is 0 Å². The van der Waals surface area contributed by atoms with Crippen LogP contribution >= 0.6 is 0 Å². The molecule has 0 N–H and O–H groups in total. The second-order valence-corrected chi connectivity index (χ2v) is 4.59. The molecule has 0 saturated heterocycles. The zero-order valence-electron chi connectivity index (χ0n) is 8.32. The van der Waals surface area contributed by atoms with Crippen LogP contribution in [0.15, 0.2) is 0 Å². The quantitative estimate of drug-likeness (QED) is 0.598. The number of rotatable bonds is 5. The van der Waals surface area contributed by atoms with Gasteiger partial charge in [-0.15, -0.1) is 6.42 Å². The van der Waals surface area contributed by atoms with Gasteiger partial charge in [-0.2, -0.15) is 17.0 Å². The van der Waals surface area contributed by atoms with Gasteiger partial charge in [0.1, 0.15) is 0 Å². The first kappa shape index (κ1) is 12.4. The van der Waals surface area contributed by atoms with Gasteiger partial charge in [0.05, 0.1) is 6.54 Å². The van der Waals surface area contributed by atoms with Gasteiger partial charge in [0.25, 0.3) is 10.2 Å². The molecule has 0 unspecified atom stereocenters. The molecule has 5 heteroatoms. The molecule has 0 aromatic heterocycles. The van der Waals surface area contributed by atoms with Gasteiger partial charge >= 0.3 is 0 Å². The molecule has 76 valence electrons. The second kappa shape index (κ2) is 5.22. The maximum atomic E-state index is 11.6. The van der Waals surface area contributed by atoms with Crippen LogP contribution in [0, 0.1) is 12.3 Å². The fraction of sp³-hybridized carbons (Fsp3) is 0.750. The van der Waals surface area contributed by atoms with Gasteiger partial charge in [0.15, 0.2) is 0 Å². The number of terminal acetylenes is 1. The first-order chi connectivity index (χ1) is 6.00. The lowest BCUT2D eigenvalue weighted by atomic mass is 10.7. The molecule has 0 atom stereocenters. The Morgan fingerprint density at radius 2 is 1.77 bits per heavy atom. The van der Waals surface area contributed by atoms with Gasteiger partial charge in [0, 0.05) is 20.1 Å². The summed E-state index contributed by atoms with van der Waals surface area (Å²) in [5, 5.41) is 0. The highest BCUT2D eigenvalue weighted by Gasteiger charge is 2.23. The largest absolute Gasteiger partial charge is 0.282 e. The monoisotopic (exact) mass is 204 g/mol. The van der Waals surface area contributed by atoms with E-state index >= 15 is 0 Å². The van der Waals surface area contributed by atoms with Crippen LogP contribution in [0.2, 0.25) is 0 Å². The van der Waals surface area contributed by atoms with Crippen LogP contribution in [0.25, 0.3) is 0 Å². The number of hydrogen-bond acceptors (Lipinski definition) is 2. The predicted molar refractivity (Wildman–Crippen MR) is 53.3 cm³/mol. The Labute approximate surface area is 80.7 Å². The van der Waals surface area contributed by atoms with Crippen molar-refractivity contribution in [2.45, 2.75) is 13.8 Å². The minimum atomic E-state index is -3.34.